The van der Waals surface area contributed by atoms with Crippen LogP contribution < -0.4 is 0 Å². The monoisotopic (exact) mass is 334 g/mol. The van der Waals surface area contributed by atoms with Crippen LogP contribution in [-0.4, -0.2) is 55.0 Å². The van der Waals surface area contributed by atoms with Crippen molar-refractivity contribution < 1.29 is 17.6 Å². The van der Waals surface area contributed by atoms with E-state index in [4.69, 9.17) is 4.42 Å². The van der Waals surface area contributed by atoms with Gasteiger partial charge in [0, 0.05) is 31.6 Å². The molecule has 1 amide bonds. The van der Waals surface area contributed by atoms with Crippen molar-refractivity contribution in [1.29, 1.82) is 0 Å². The first-order valence-electron chi connectivity index (χ1n) is 7.82. The Bertz CT molecular complexity index is 813. The summed E-state index contributed by atoms with van der Waals surface area (Å²) in [6.45, 7) is 1.54. The van der Waals surface area contributed by atoms with E-state index in [-0.39, 0.29) is 11.2 Å². The first kappa shape index (κ1) is 14.7. The lowest BCUT2D eigenvalue weighted by Gasteiger charge is -2.33. The maximum atomic E-state index is 12.5. The van der Waals surface area contributed by atoms with Gasteiger partial charge in [-0.25, -0.2) is 8.42 Å². The third-order valence-electron chi connectivity index (χ3n) is 4.47. The lowest BCUT2D eigenvalue weighted by molar-refractivity contribution is 0.0668. The standard InChI is InChI=1S/C16H18N2O4S/c19-16(15-11-12-3-1-2-4-14(12)22-15)17-7-9-18(10-8-17)23(20,21)13-5-6-13/h1-4,11,13H,5-10H2. The van der Waals surface area contributed by atoms with Crippen LogP contribution in [0, 0.1) is 0 Å². The number of rotatable bonds is 3. The van der Waals surface area contributed by atoms with Gasteiger partial charge in [0.2, 0.25) is 10.0 Å². The van der Waals surface area contributed by atoms with Gasteiger partial charge in [0.05, 0.1) is 5.25 Å². The molecule has 6 nitrogen and oxygen atoms in total. The molecule has 2 aliphatic rings. The largest absolute Gasteiger partial charge is 0.451 e. The Kier molecular flexibility index (Phi) is 3.42. The zero-order valence-electron chi connectivity index (χ0n) is 12.6. The van der Waals surface area contributed by atoms with Crippen molar-refractivity contribution in [1.82, 2.24) is 9.21 Å². The summed E-state index contributed by atoms with van der Waals surface area (Å²) in [6.07, 6.45) is 1.53. The number of sulfonamides is 1. The molecule has 1 aromatic heterocycles. The van der Waals surface area contributed by atoms with Crippen LogP contribution in [-0.2, 0) is 10.0 Å². The summed E-state index contributed by atoms with van der Waals surface area (Å²) in [5.74, 6) is 0.134. The Morgan fingerprint density at radius 2 is 1.78 bits per heavy atom. The molecule has 1 saturated carbocycles. The third-order valence-corrected chi connectivity index (χ3v) is 6.87. The van der Waals surface area contributed by atoms with E-state index in [0.717, 1.165) is 18.2 Å². The van der Waals surface area contributed by atoms with E-state index in [1.54, 1.807) is 11.0 Å². The minimum absolute atomic E-state index is 0.176. The molecule has 2 aromatic rings. The van der Waals surface area contributed by atoms with Crippen molar-refractivity contribution in [2.75, 3.05) is 26.2 Å². The van der Waals surface area contributed by atoms with E-state index < -0.39 is 10.0 Å². The quantitative estimate of drug-likeness (QED) is 0.856. The first-order chi connectivity index (χ1) is 11.1. The second-order valence-corrected chi connectivity index (χ2v) is 8.30. The Balaban J connectivity index is 1.46. The number of piperazine rings is 1. The first-order valence-corrected chi connectivity index (χ1v) is 9.33. The molecule has 1 aliphatic carbocycles. The van der Waals surface area contributed by atoms with Crippen molar-refractivity contribution in [2.24, 2.45) is 0 Å². The summed E-state index contributed by atoms with van der Waals surface area (Å²) in [5, 5.41) is 0.700. The topological polar surface area (TPSA) is 70.8 Å². The average molecular weight is 334 g/mol. The molecule has 4 rings (SSSR count). The highest BCUT2D eigenvalue weighted by molar-refractivity contribution is 7.90. The van der Waals surface area contributed by atoms with Gasteiger partial charge in [-0.3, -0.25) is 4.79 Å². The molecule has 0 atom stereocenters. The maximum Gasteiger partial charge on any atom is 0.289 e. The number of hydrogen-bond donors (Lipinski definition) is 0. The molecule has 0 N–H and O–H groups in total. The fourth-order valence-electron chi connectivity index (χ4n) is 2.97. The van der Waals surface area contributed by atoms with Crippen molar-refractivity contribution in [3.05, 3.63) is 36.1 Å². The zero-order chi connectivity index (χ0) is 16.0. The summed E-state index contributed by atoms with van der Waals surface area (Å²) >= 11 is 0. The van der Waals surface area contributed by atoms with E-state index in [2.05, 4.69) is 0 Å². The number of carbonyl (C=O) groups excluding carboxylic acids is 1. The van der Waals surface area contributed by atoms with Crippen molar-refractivity contribution in [3.63, 3.8) is 0 Å². The molecule has 2 fully saturated rings. The summed E-state index contributed by atoms with van der Waals surface area (Å²) in [6, 6.07) is 9.22. The molecular formula is C16H18N2O4S. The summed E-state index contributed by atoms with van der Waals surface area (Å²) in [5.41, 5.74) is 0.686. The highest BCUT2D eigenvalue weighted by atomic mass is 32.2. The van der Waals surface area contributed by atoms with Gasteiger partial charge in [-0.1, -0.05) is 18.2 Å². The van der Waals surface area contributed by atoms with Crippen LogP contribution in [0.4, 0.5) is 0 Å². The van der Waals surface area contributed by atoms with E-state index in [1.165, 1.54) is 4.31 Å². The highest BCUT2D eigenvalue weighted by Gasteiger charge is 2.41. The van der Waals surface area contributed by atoms with Gasteiger partial charge in [-0.15, -0.1) is 0 Å². The number of benzene rings is 1. The predicted octanol–water partition coefficient (Wildman–Crippen LogP) is 1.68. The summed E-state index contributed by atoms with van der Waals surface area (Å²) in [7, 11) is -3.15. The zero-order valence-corrected chi connectivity index (χ0v) is 13.5. The molecule has 7 heteroatoms. The fourth-order valence-corrected chi connectivity index (χ4v) is 4.79. The van der Waals surface area contributed by atoms with E-state index in [1.807, 2.05) is 24.3 Å². The number of hydrogen-bond acceptors (Lipinski definition) is 4. The number of amides is 1. The summed E-state index contributed by atoms with van der Waals surface area (Å²) in [4.78, 5) is 14.2. The van der Waals surface area contributed by atoms with E-state index in [0.29, 0.717) is 37.5 Å². The number of carbonyl (C=O) groups is 1. The smallest absolute Gasteiger partial charge is 0.289 e. The molecule has 23 heavy (non-hydrogen) atoms. The van der Waals surface area contributed by atoms with Crippen LogP contribution in [0.3, 0.4) is 0 Å². The van der Waals surface area contributed by atoms with Gasteiger partial charge in [-0.05, 0) is 25.0 Å². The van der Waals surface area contributed by atoms with Crippen molar-refractivity contribution >= 4 is 26.9 Å². The lowest BCUT2D eigenvalue weighted by atomic mass is 10.2. The second kappa shape index (κ2) is 5.35. The molecule has 1 saturated heterocycles. The van der Waals surface area contributed by atoms with Crippen LogP contribution in [0.1, 0.15) is 23.4 Å². The Hall–Kier alpha value is -1.86. The van der Waals surface area contributed by atoms with Gasteiger partial charge in [0.1, 0.15) is 5.58 Å². The number of furan rings is 1. The average Bonchev–Trinajstić information content (AvgIpc) is 3.34. The molecule has 0 bridgehead atoms. The molecule has 1 aliphatic heterocycles. The van der Waals surface area contributed by atoms with Crippen LogP contribution in [0.25, 0.3) is 11.0 Å². The van der Waals surface area contributed by atoms with Gasteiger partial charge in [0.15, 0.2) is 5.76 Å². The minimum atomic E-state index is -3.15. The fraction of sp³-hybridized carbons (Fsp3) is 0.438. The van der Waals surface area contributed by atoms with E-state index in [9.17, 15) is 13.2 Å². The normalized spacial score (nSPS) is 20.1. The molecule has 0 unspecified atom stereocenters. The molecule has 122 valence electrons. The maximum absolute atomic E-state index is 12.5. The van der Waals surface area contributed by atoms with E-state index >= 15 is 0 Å². The molecule has 0 radical (unpaired) electrons. The van der Waals surface area contributed by atoms with Gasteiger partial charge in [0.25, 0.3) is 5.91 Å². The van der Waals surface area contributed by atoms with Gasteiger partial charge >= 0.3 is 0 Å². The third kappa shape index (κ3) is 2.64. The molecule has 0 spiro atoms. The number of para-hydroxylation sites is 1. The van der Waals surface area contributed by atoms with Gasteiger partial charge in [-0.2, -0.15) is 4.31 Å². The molecular weight excluding hydrogens is 316 g/mol. The van der Waals surface area contributed by atoms with Crippen LogP contribution in [0.2, 0.25) is 0 Å². The van der Waals surface area contributed by atoms with Crippen LogP contribution in [0.15, 0.2) is 34.7 Å². The molecule has 2 heterocycles. The van der Waals surface area contributed by atoms with Crippen LogP contribution in [0.5, 0.6) is 0 Å². The van der Waals surface area contributed by atoms with Gasteiger partial charge < -0.3 is 9.32 Å². The Labute approximate surface area is 134 Å². The van der Waals surface area contributed by atoms with Crippen molar-refractivity contribution in [2.45, 2.75) is 18.1 Å². The lowest BCUT2D eigenvalue weighted by Crippen LogP contribution is -2.51. The minimum Gasteiger partial charge on any atom is -0.451 e. The van der Waals surface area contributed by atoms with Crippen molar-refractivity contribution in [3.8, 4) is 0 Å². The summed E-state index contributed by atoms with van der Waals surface area (Å²) < 4.78 is 31.6. The Morgan fingerprint density at radius 3 is 2.43 bits per heavy atom. The number of fused-ring (bicyclic) bond motifs is 1. The number of nitrogens with zero attached hydrogens (tertiary/aromatic N) is 2. The predicted molar refractivity (Wildman–Crippen MR) is 85.6 cm³/mol. The SMILES string of the molecule is O=C(c1cc2ccccc2o1)N1CCN(S(=O)(=O)C2CC2)CC1. The Morgan fingerprint density at radius 1 is 1.09 bits per heavy atom. The molecule has 1 aromatic carbocycles. The van der Waals surface area contributed by atoms with Crippen LogP contribution >= 0.6 is 0 Å². The highest BCUT2D eigenvalue weighted by Crippen LogP contribution is 2.31. The second-order valence-electron chi connectivity index (χ2n) is 6.08.